The van der Waals surface area contributed by atoms with Gasteiger partial charge < -0.3 is 15.4 Å². The Morgan fingerprint density at radius 3 is 3.24 bits per heavy atom. The summed E-state index contributed by atoms with van der Waals surface area (Å²) < 4.78 is 5.29. The van der Waals surface area contributed by atoms with Gasteiger partial charge in [-0.25, -0.2) is 9.78 Å². The highest BCUT2D eigenvalue weighted by Crippen LogP contribution is 2.34. The van der Waals surface area contributed by atoms with Crippen LogP contribution in [0.1, 0.15) is 12.1 Å². The molecule has 0 bridgehead atoms. The van der Waals surface area contributed by atoms with Gasteiger partial charge in [0.25, 0.3) is 0 Å². The van der Waals surface area contributed by atoms with E-state index in [2.05, 4.69) is 15.6 Å². The van der Waals surface area contributed by atoms with E-state index in [0.717, 1.165) is 18.7 Å². The average molecular weight is 254 g/mol. The van der Waals surface area contributed by atoms with Gasteiger partial charge in [0, 0.05) is 6.54 Å². The van der Waals surface area contributed by atoms with E-state index >= 15 is 0 Å². The summed E-state index contributed by atoms with van der Waals surface area (Å²) in [7, 11) is 0. The first kappa shape index (κ1) is 10.8. The van der Waals surface area contributed by atoms with Gasteiger partial charge in [0.15, 0.2) is 0 Å². The van der Waals surface area contributed by atoms with E-state index in [9.17, 15) is 4.79 Å². The normalized spacial score (nSPS) is 31.6. The number of carbonyl (C=O) groups is 1. The Hall–Kier alpha value is -1.33. The Bertz CT molecular complexity index is 468. The second kappa shape index (κ2) is 3.85. The predicted octanol–water partition coefficient (Wildman–Crippen LogP) is 1.03. The number of amides is 1. The van der Waals surface area contributed by atoms with Crippen LogP contribution in [0.2, 0.25) is 5.15 Å². The van der Waals surface area contributed by atoms with Crippen LogP contribution in [0.4, 0.5) is 4.79 Å². The highest BCUT2D eigenvalue weighted by atomic mass is 35.5. The van der Waals surface area contributed by atoms with Crippen LogP contribution in [0.3, 0.4) is 0 Å². The molecule has 2 atom stereocenters. The van der Waals surface area contributed by atoms with Gasteiger partial charge >= 0.3 is 6.09 Å². The smallest absolute Gasteiger partial charge is 0.408 e. The molecular formula is C11H12ClN3O2. The Balaban J connectivity index is 2.05. The van der Waals surface area contributed by atoms with Gasteiger partial charge in [-0.3, -0.25) is 0 Å². The van der Waals surface area contributed by atoms with E-state index < -0.39 is 5.54 Å². The molecule has 2 N–H and O–H groups in total. The number of carbonyl (C=O) groups excluding carboxylic acids is 1. The highest BCUT2D eigenvalue weighted by molar-refractivity contribution is 6.29. The molecule has 2 aliphatic rings. The fraction of sp³-hybridized carbons (Fsp3) is 0.455. The molecule has 5 nitrogen and oxygen atoms in total. The second-order valence-corrected chi connectivity index (χ2v) is 4.69. The minimum atomic E-state index is -0.583. The van der Waals surface area contributed by atoms with Gasteiger partial charge in [0.2, 0.25) is 0 Å². The summed E-state index contributed by atoms with van der Waals surface area (Å²) in [5, 5.41) is 6.54. The third kappa shape index (κ3) is 1.66. The largest absolute Gasteiger partial charge is 0.443 e. The van der Waals surface area contributed by atoms with Crippen LogP contribution >= 0.6 is 11.6 Å². The molecule has 6 heteroatoms. The van der Waals surface area contributed by atoms with Crippen LogP contribution in [0.25, 0.3) is 0 Å². The van der Waals surface area contributed by atoms with Crippen molar-refractivity contribution >= 4 is 17.7 Å². The minimum Gasteiger partial charge on any atom is -0.443 e. The predicted molar refractivity (Wildman–Crippen MR) is 61.8 cm³/mol. The molecule has 0 aromatic carbocycles. The van der Waals surface area contributed by atoms with Crippen molar-refractivity contribution in [2.45, 2.75) is 18.1 Å². The van der Waals surface area contributed by atoms with Crippen molar-refractivity contribution < 1.29 is 9.53 Å². The molecule has 3 rings (SSSR count). The van der Waals surface area contributed by atoms with E-state index in [1.54, 1.807) is 6.07 Å². The van der Waals surface area contributed by atoms with Crippen molar-refractivity contribution in [2.75, 3.05) is 13.1 Å². The Labute approximate surface area is 104 Å². The summed E-state index contributed by atoms with van der Waals surface area (Å²) in [6.07, 6.45) is 0.204. The molecule has 2 fully saturated rings. The van der Waals surface area contributed by atoms with E-state index in [0.29, 0.717) is 11.7 Å². The molecule has 17 heavy (non-hydrogen) atoms. The standard InChI is InChI=1S/C11H12ClN3O2/c12-9-3-1-2-7(14-9)11-6-13-5-4-8(11)17-10(16)15-11/h1-3,8,13H,4-6H2,(H,15,16). The quantitative estimate of drug-likeness (QED) is 0.734. The van der Waals surface area contributed by atoms with E-state index in [-0.39, 0.29) is 12.2 Å². The number of pyridine rings is 1. The summed E-state index contributed by atoms with van der Waals surface area (Å²) >= 11 is 5.90. The lowest BCUT2D eigenvalue weighted by Crippen LogP contribution is -2.57. The van der Waals surface area contributed by atoms with Crippen LogP contribution in [-0.4, -0.2) is 30.3 Å². The lowest BCUT2D eigenvalue weighted by atomic mass is 9.84. The topological polar surface area (TPSA) is 63.2 Å². The van der Waals surface area contributed by atoms with Crippen LogP contribution < -0.4 is 10.6 Å². The molecular weight excluding hydrogens is 242 g/mol. The number of hydrogen-bond acceptors (Lipinski definition) is 4. The fourth-order valence-electron chi connectivity index (χ4n) is 2.48. The summed E-state index contributed by atoms with van der Waals surface area (Å²) in [5.74, 6) is 0. The molecule has 0 spiro atoms. The zero-order valence-corrected chi connectivity index (χ0v) is 9.83. The van der Waals surface area contributed by atoms with E-state index in [4.69, 9.17) is 16.3 Å². The number of hydrogen-bond donors (Lipinski definition) is 2. The van der Waals surface area contributed by atoms with Crippen LogP contribution in [-0.2, 0) is 10.3 Å². The molecule has 2 saturated heterocycles. The zero-order chi connectivity index (χ0) is 11.9. The lowest BCUT2D eigenvalue weighted by Gasteiger charge is -2.36. The summed E-state index contributed by atoms with van der Waals surface area (Å²) in [6.45, 7) is 1.44. The number of rotatable bonds is 1. The van der Waals surface area contributed by atoms with Crippen molar-refractivity contribution in [1.29, 1.82) is 0 Å². The summed E-state index contributed by atoms with van der Waals surface area (Å²) in [4.78, 5) is 15.7. The number of halogens is 1. The highest BCUT2D eigenvalue weighted by Gasteiger charge is 2.52. The molecule has 0 saturated carbocycles. The first-order chi connectivity index (χ1) is 8.21. The van der Waals surface area contributed by atoms with Crippen LogP contribution in [0, 0.1) is 0 Å². The van der Waals surface area contributed by atoms with Crippen molar-refractivity contribution in [3.63, 3.8) is 0 Å². The van der Waals surface area contributed by atoms with Gasteiger partial charge in [0.05, 0.1) is 5.69 Å². The number of piperidine rings is 1. The van der Waals surface area contributed by atoms with E-state index in [1.807, 2.05) is 12.1 Å². The SMILES string of the molecule is O=C1NC2(c3cccc(Cl)n3)CNCCC2O1. The first-order valence-electron chi connectivity index (χ1n) is 5.53. The number of nitrogens with one attached hydrogen (secondary N) is 2. The first-order valence-corrected chi connectivity index (χ1v) is 5.91. The molecule has 2 unspecified atom stereocenters. The van der Waals surface area contributed by atoms with Crippen LogP contribution in [0.5, 0.6) is 0 Å². The second-order valence-electron chi connectivity index (χ2n) is 4.30. The number of aromatic nitrogens is 1. The van der Waals surface area contributed by atoms with Gasteiger partial charge in [-0.1, -0.05) is 17.7 Å². The Morgan fingerprint density at radius 2 is 2.41 bits per heavy atom. The third-order valence-corrected chi connectivity index (χ3v) is 3.49. The maximum Gasteiger partial charge on any atom is 0.408 e. The molecule has 1 aromatic heterocycles. The molecule has 0 radical (unpaired) electrons. The zero-order valence-electron chi connectivity index (χ0n) is 9.07. The van der Waals surface area contributed by atoms with Gasteiger partial charge in [-0.2, -0.15) is 0 Å². The van der Waals surface area contributed by atoms with E-state index in [1.165, 1.54) is 0 Å². The number of alkyl carbamates (subject to hydrolysis) is 1. The van der Waals surface area contributed by atoms with Crippen molar-refractivity contribution in [2.24, 2.45) is 0 Å². The summed E-state index contributed by atoms with van der Waals surface area (Å²) in [5.41, 5.74) is 0.160. The molecule has 90 valence electrons. The van der Waals surface area contributed by atoms with Crippen molar-refractivity contribution in [1.82, 2.24) is 15.6 Å². The maximum atomic E-state index is 11.5. The number of fused-ring (bicyclic) bond motifs is 1. The van der Waals surface area contributed by atoms with Gasteiger partial charge in [-0.05, 0) is 25.1 Å². The van der Waals surface area contributed by atoms with Gasteiger partial charge in [0.1, 0.15) is 16.8 Å². The lowest BCUT2D eigenvalue weighted by molar-refractivity contribution is 0.0826. The van der Waals surface area contributed by atoms with Crippen molar-refractivity contribution in [3.05, 3.63) is 29.0 Å². The monoisotopic (exact) mass is 253 g/mol. The molecule has 1 amide bonds. The minimum absolute atomic E-state index is 0.179. The number of nitrogens with zero attached hydrogens (tertiary/aromatic N) is 1. The maximum absolute atomic E-state index is 11.5. The summed E-state index contributed by atoms with van der Waals surface area (Å²) in [6, 6.07) is 5.40. The third-order valence-electron chi connectivity index (χ3n) is 3.28. The average Bonchev–Trinajstić information content (AvgIpc) is 2.66. The molecule has 0 aliphatic carbocycles. The fourth-order valence-corrected chi connectivity index (χ4v) is 2.64. The molecule has 1 aromatic rings. The molecule has 2 aliphatic heterocycles. The Morgan fingerprint density at radius 1 is 1.53 bits per heavy atom. The van der Waals surface area contributed by atoms with Gasteiger partial charge in [-0.15, -0.1) is 0 Å². The Kier molecular flexibility index (Phi) is 2.45. The van der Waals surface area contributed by atoms with Crippen LogP contribution in [0.15, 0.2) is 18.2 Å². The van der Waals surface area contributed by atoms with Crippen molar-refractivity contribution in [3.8, 4) is 0 Å². The number of ether oxygens (including phenoxy) is 1. The molecule has 3 heterocycles.